The van der Waals surface area contributed by atoms with Crippen LogP contribution in [0.25, 0.3) is 5.32 Å². The first-order valence-corrected chi connectivity index (χ1v) is 3.63. The van der Waals surface area contributed by atoms with Crippen molar-refractivity contribution in [2.24, 2.45) is 0 Å². The van der Waals surface area contributed by atoms with E-state index in [2.05, 4.69) is 5.32 Å². The van der Waals surface area contributed by atoms with E-state index in [-0.39, 0.29) is 12.1 Å². The van der Waals surface area contributed by atoms with Gasteiger partial charge in [-0.15, -0.1) is 6.08 Å². The fraction of sp³-hybridized carbons (Fsp3) is 0.571. The van der Waals surface area contributed by atoms with Crippen LogP contribution in [0.15, 0.2) is 12.3 Å². The van der Waals surface area contributed by atoms with Gasteiger partial charge in [0.05, 0.1) is 0 Å². The number of hydrogen-bond acceptors (Lipinski definition) is 2. The molecule has 1 fully saturated rings. The van der Waals surface area contributed by atoms with Crippen molar-refractivity contribution < 1.29 is 9.90 Å². The molecule has 0 saturated carbocycles. The van der Waals surface area contributed by atoms with Crippen molar-refractivity contribution in [1.29, 1.82) is 0 Å². The molecule has 0 aliphatic carbocycles. The van der Waals surface area contributed by atoms with Crippen molar-refractivity contribution in [2.75, 3.05) is 6.54 Å². The van der Waals surface area contributed by atoms with E-state index in [0.29, 0.717) is 6.54 Å². The lowest BCUT2D eigenvalue weighted by Gasteiger charge is -2.54. The van der Waals surface area contributed by atoms with Gasteiger partial charge >= 0.3 is 0 Å². The molecule has 0 bridgehead atoms. The topological polar surface area (TPSA) is 57.5 Å². The van der Waals surface area contributed by atoms with Gasteiger partial charge in [-0.25, -0.2) is 0 Å². The molecule has 0 radical (unpaired) electrons. The molecule has 1 saturated heterocycles. The molecule has 4 heteroatoms. The van der Waals surface area contributed by atoms with E-state index in [0.717, 1.165) is 6.42 Å². The van der Waals surface area contributed by atoms with E-state index in [1.165, 1.54) is 4.90 Å². The van der Waals surface area contributed by atoms with Crippen molar-refractivity contribution >= 4 is 6.09 Å². The fourth-order valence-corrected chi connectivity index (χ4v) is 1.40. The highest BCUT2D eigenvalue weighted by Crippen LogP contribution is 2.29. The van der Waals surface area contributed by atoms with E-state index in [4.69, 9.17) is 0 Å². The van der Waals surface area contributed by atoms with Crippen LogP contribution in [0, 0.1) is 0 Å². The van der Waals surface area contributed by atoms with Gasteiger partial charge in [-0.3, -0.25) is 0 Å². The SMILES string of the molecule is O=C([O-])N1CCC1C1C=C[N-]1. The Labute approximate surface area is 64.5 Å². The molecule has 2 aliphatic heterocycles. The van der Waals surface area contributed by atoms with Crippen LogP contribution in [0.4, 0.5) is 4.79 Å². The second-order valence-corrected chi connectivity index (χ2v) is 2.80. The van der Waals surface area contributed by atoms with Gasteiger partial charge in [-0.1, -0.05) is 6.04 Å². The average molecular weight is 152 g/mol. The lowest BCUT2D eigenvalue weighted by Crippen LogP contribution is -2.60. The molecule has 2 aliphatic rings. The Hall–Kier alpha value is -1.19. The zero-order valence-corrected chi connectivity index (χ0v) is 5.93. The highest BCUT2D eigenvalue weighted by atomic mass is 16.4. The van der Waals surface area contributed by atoms with Crippen LogP contribution in [0.1, 0.15) is 6.42 Å². The Morgan fingerprint density at radius 3 is 2.73 bits per heavy atom. The maximum atomic E-state index is 10.4. The summed E-state index contributed by atoms with van der Waals surface area (Å²) in [5.74, 6) is 0. The maximum absolute atomic E-state index is 10.4. The van der Waals surface area contributed by atoms with Gasteiger partial charge in [0.1, 0.15) is 6.09 Å². The van der Waals surface area contributed by atoms with Crippen LogP contribution in [0.2, 0.25) is 0 Å². The second kappa shape index (κ2) is 2.15. The first-order valence-electron chi connectivity index (χ1n) is 3.63. The summed E-state index contributed by atoms with van der Waals surface area (Å²) < 4.78 is 0. The molecule has 0 aromatic rings. The van der Waals surface area contributed by atoms with Crippen molar-refractivity contribution in [3.63, 3.8) is 0 Å². The zero-order valence-electron chi connectivity index (χ0n) is 5.93. The van der Waals surface area contributed by atoms with Crippen LogP contribution >= 0.6 is 0 Å². The number of nitrogens with zero attached hydrogens (tertiary/aromatic N) is 2. The molecule has 4 nitrogen and oxygen atoms in total. The van der Waals surface area contributed by atoms with Gasteiger partial charge < -0.3 is 20.1 Å². The van der Waals surface area contributed by atoms with Crippen LogP contribution in [0.5, 0.6) is 0 Å². The van der Waals surface area contributed by atoms with Crippen molar-refractivity contribution in [2.45, 2.75) is 18.5 Å². The van der Waals surface area contributed by atoms with Gasteiger partial charge in [0.2, 0.25) is 0 Å². The van der Waals surface area contributed by atoms with Gasteiger partial charge in [0.25, 0.3) is 0 Å². The molecule has 1 amide bonds. The Balaban J connectivity index is 1.95. The maximum Gasteiger partial charge on any atom is 0.137 e. The van der Waals surface area contributed by atoms with Gasteiger partial charge in [-0.2, -0.15) is 6.20 Å². The fourth-order valence-electron chi connectivity index (χ4n) is 1.40. The average Bonchev–Trinajstić information content (AvgIpc) is 1.73. The molecule has 0 aromatic heterocycles. The molecule has 2 rings (SSSR count). The quantitative estimate of drug-likeness (QED) is 0.516. The Morgan fingerprint density at radius 1 is 1.73 bits per heavy atom. The summed E-state index contributed by atoms with van der Waals surface area (Å²) in [6.45, 7) is 0.604. The Kier molecular flexibility index (Phi) is 1.27. The largest absolute Gasteiger partial charge is 0.683 e. The van der Waals surface area contributed by atoms with Crippen molar-refractivity contribution in [3.05, 3.63) is 17.6 Å². The van der Waals surface area contributed by atoms with Crippen molar-refractivity contribution in [1.82, 2.24) is 4.90 Å². The minimum absolute atomic E-state index is 0.0602. The Morgan fingerprint density at radius 2 is 2.45 bits per heavy atom. The Bertz CT molecular complexity index is 214. The molecular formula is C7H8N2O2-2. The second-order valence-electron chi connectivity index (χ2n) is 2.80. The monoisotopic (exact) mass is 152 g/mol. The summed E-state index contributed by atoms with van der Waals surface area (Å²) in [6.07, 6.45) is 3.46. The molecular weight excluding hydrogens is 144 g/mol. The highest BCUT2D eigenvalue weighted by molar-refractivity contribution is 5.64. The first kappa shape index (κ1) is 6.52. The third-order valence-corrected chi connectivity index (χ3v) is 2.24. The van der Waals surface area contributed by atoms with Gasteiger partial charge in [-0.05, 0) is 6.42 Å². The van der Waals surface area contributed by atoms with Crippen molar-refractivity contribution in [3.8, 4) is 0 Å². The highest BCUT2D eigenvalue weighted by Gasteiger charge is 2.30. The number of hydrogen-bond donors (Lipinski definition) is 0. The van der Waals surface area contributed by atoms with Gasteiger partial charge in [0.15, 0.2) is 0 Å². The number of carbonyl (C=O) groups excluding carboxylic acids is 1. The summed E-state index contributed by atoms with van der Waals surface area (Å²) >= 11 is 0. The number of rotatable bonds is 1. The molecule has 0 aromatic carbocycles. The van der Waals surface area contributed by atoms with E-state index < -0.39 is 6.09 Å². The minimum atomic E-state index is -1.07. The lowest BCUT2D eigenvalue weighted by atomic mass is 9.93. The third-order valence-electron chi connectivity index (χ3n) is 2.24. The lowest BCUT2D eigenvalue weighted by molar-refractivity contribution is -0.273. The predicted octanol–water partition coefficient (Wildman–Crippen LogP) is -0.326. The normalized spacial score (nSPS) is 33.6. The summed E-state index contributed by atoms with van der Waals surface area (Å²) in [5.41, 5.74) is 0. The number of amides is 1. The third kappa shape index (κ3) is 0.859. The van der Waals surface area contributed by atoms with Crippen LogP contribution in [-0.4, -0.2) is 29.6 Å². The predicted molar refractivity (Wildman–Crippen MR) is 36.8 cm³/mol. The first-order chi connectivity index (χ1) is 5.29. The molecule has 0 spiro atoms. The molecule has 11 heavy (non-hydrogen) atoms. The number of likely N-dealkylation sites (tertiary alicyclic amines) is 1. The smallest absolute Gasteiger partial charge is 0.137 e. The number of carbonyl (C=O) groups is 1. The molecule has 2 unspecified atom stereocenters. The molecule has 2 atom stereocenters. The van der Waals surface area contributed by atoms with E-state index in [1.54, 1.807) is 6.20 Å². The number of carboxylic acid groups (broad SMARTS) is 1. The summed E-state index contributed by atoms with van der Waals surface area (Å²) in [6, 6.07) is 0.159. The standard InChI is InChI=1S/C7H9N2O2/c10-7(11)9-4-2-6(9)5-1-3-8-5/h1,3,5-6H,2,4H2,(H,10,11)/q-1/p-1. The summed E-state index contributed by atoms with van der Waals surface area (Å²) in [5, 5.41) is 14.4. The van der Waals surface area contributed by atoms with Crippen LogP contribution < -0.4 is 5.11 Å². The molecule has 0 N–H and O–H groups in total. The van der Waals surface area contributed by atoms with Crippen LogP contribution in [0.3, 0.4) is 0 Å². The molecule has 2 heterocycles. The van der Waals surface area contributed by atoms with Gasteiger partial charge in [0, 0.05) is 12.6 Å². The summed E-state index contributed by atoms with van der Waals surface area (Å²) in [4.78, 5) is 11.7. The van der Waals surface area contributed by atoms with E-state index in [9.17, 15) is 9.90 Å². The van der Waals surface area contributed by atoms with E-state index >= 15 is 0 Å². The van der Waals surface area contributed by atoms with Crippen LogP contribution in [-0.2, 0) is 0 Å². The summed E-state index contributed by atoms with van der Waals surface area (Å²) in [7, 11) is 0. The minimum Gasteiger partial charge on any atom is -0.683 e. The molecule has 60 valence electrons. The van der Waals surface area contributed by atoms with E-state index in [1.807, 2.05) is 6.08 Å². The zero-order chi connectivity index (χ0) is 7.84.